The molecule has 0 aliphatic rings. The van der Waals surface area contributed by atoms with Crippen LogP contribution in [0.3, 0.4) is 0 Å². The van der Waals surface area contributed by atoms with Crippen molar-refractivity contribution in [3.8, 4) is 11.1 Å². The van der Waals surface area contributed by atoms with E-state index in [1.165, 1.54) is 10.6 Å². The highest BCUT2D eigenvalue weighted by atomic mass is 31.1. The van der Waals surface area contributed by atoms with Crippen LogP contribution in [0.2, 0.25) is 0 Å². The minimum Gasteiger partial charge on any atom is -0.545 e. The van der Waals surface area contributed by atoms with E-state index in [4.69, 9.17) is 0 Å². The van der Waals surface area contributed by atoms with Gasteiger partial charge < -0.3 is 9.90 Å². The number of hydrogen-bond donors (Lipinski definition) is 0. The van der Waals surface area contributed by atoms with Crippen molar-refractivity contribution in [2.75, 3.05) is 0 Å². The molecule has 0 heterocycles. The first-order chi connectivity index (χ1) is 13.8. The van der Waals surface area contributed by atoms with Gasteiger partial charge in [-0.2, -0.15) is 0 Å². The van der Waals surface area contributed by atoms with Gasteiger partial charge in [0, 0.05) is 5.56 Å². The molecule has 136 valence electrons. The summed E-state index contributed by atoms with van der Waals surface area (Å²) in [5.41, 5.74) is 1.84. The third-order valence-electron chi connectivity index (χ3n) is 4.61. The summed E-state index contributed by atoms with van der Waals surface area (Å²) < 4.78 is 0. The molecule has 4 rings (SSSR count). The van der Waals surface area contributed by atoms with Crippen LogP contribution in [0, 0.1) is 0 Å². The highest BCUT2D eigenvalue weighted by molar-refractivity contribution is 7.80. The number of aromatic carboxylic acids is 1. The van der Waals surface area contributed by atoms with E-state index in [2.05, 4.69) is 30.3 Å². The van der Waals surface area contributed by atoms with Gasteiger partial charge in [0.05, 0.1) is 5.97 Å². The van der Waals surface area contributed by atoms with Crippen molar-refractivity contribution in [3.05, 3.63) is 115 Å². The Kier molecular flexibility index (Phi) is 5.32. The third-order valence-corrected chi connectivity index (χ3v) is 7.11. The molecule has 0 N–H and O–H groups in total. The largest absolute Gasteiger partial charge is 0.545 e. The molecule has 0 atom stereocenters. The molecule has 0 amide bonds. The Hall–Kier alpha value is -3.22. The van der Waals surface area contributed by atoms with Crippen LogP contribution >= 0.6 is 7.92 Å². The fraction of sp³-hybridized carbons (Fsp3) is 0. The topological polar surface area (TPSA) is 40.1 Å². The van der Waals surface area contributed by atoms with E-state index in [1.807, 2.05) is 66.7 Å². The monoisotopic (exact) mass is 381 g/mol. The Morgan fingerprint density at radius 1 is 0.571 bits per heavy atom. The third kappa shape index (κ3) is 3.60. The molecule has 0 fully saturated rings. The van der Waals surface area contributed by atoms with E-state index in [0.29, 0.717) is 5.56 Å². The Bertz CT molecular complexity index is 1050. The summed E-state index contributed by atoms with van der Waals surface area (Å²) >= 11 is 0. The number of carbonyl (C=O) groups is 1. The van der Waals surface area contributed by atoms with Crippen molar-refractivity contribution in [1.82, 2.24) is 0 Å². The fourth-order valence-corrected chi connectivity index (χ4v) is 5.84. The van der Waals surface area contributed by atoms with Gasteiger partial charge in [-0.05, 0) is 35.0 Å². The molecule has 0 aromatic heterocycles. The van der Waals surface area contributed by atoms with E-state index in [-0.39, 0.29) is 5.56 Å². The van der Waals surface area contributed by atoms with E-state index < -0.39 is 13.9 Å². The molecule has 0 radical (unpaired) electrons. The summed E-state index contributed by atoms with van der Waals surface area (Å²) in [5.74, 6) is -1.16. The Balaban J connectivity index is 1.97. The second-order valence-corrected chi connectivity index (χ2v) is 8.54. The van der Waals surface area contributed by atoms with Crippen LogP contribution < -0.4 is 21.0 Å². The molecule has 28 heavy (non-hydrogen) atoms. The van der Waals surface area contributed by atoms with Gasteiger partial charge in [0.15, 0.2) is 0 Å². The van der Waals surface area contributed by atoms with Crippen LogP contribution in [0.5, 0.6) is 0 Å². The zero-order valence-corrected chi connectivity index (χ0v) is 16.1. The van der Waals surface area contributed by atoms with Gasteiger partial charge in [-0.15, -0.1) is 0 Å². The summed E-state index contributed by atoms with van der Waals surface area (Å²) in [5, 5.41) is 15.3. The lowest BCUT2D eigenvalue weighted by atomic mass is 10.00. The standard InChI is InChI=1S/C25H19O2P/c26-25(27)23-17-8-7-15-21(23)22-16-9-10-18-24(22)28(19-11-3-1-4-12-19)20-13-5-2-6-14-20/h1-18H,(H,26,27)/p-1. The summed E-state index contributed by atoms with van der Waals surface area (Å²) in [6.45, 7) is 0. The number of carboxylic acids is 1. The molecule has 0 aliphatic carbocycles. The summed E-state index contributed by atoms with van der Waals surface area (Å²) in [6, 6.07) is 35.9. The summed E-state index contributed by atoms with van der Waals surface area (Å²) in [4.78, 5) is 11.7. The average molecular weight is 381 g/mol. The molecule has 3 heteroatoms. The van der Waals surface area contributed by atoms with Crippen LogP contribution in [-0.2, 0) is 0 Å². The van der Waals surface area contributed by atoms with Gasteiger partial charge in [-0.1, -0.05) is 109 Å². The average Bonchev–Trinajstić information content (AvgIpc) is 2.76. The van der Waals surface area contributed by atoms with Crippen LogP contribution in [0.25, 0.3) is 11.1 Å². The molecule has 0 spiro atoms. The molecule has 0 saturated heterocycles. The molecule has 4 aromatic carbocycles. The quantitative estimate of drug-likeness (QED) is 0.497. The molecular weight excluding hydrogens is 363 g/mol. The Labute approximate surface area is 165 Å². The first-order valence-electron chi connectivity index (χ1n) is 9.06. The highest BCUT2D eigenvalue weighted by Crippen LogP contribution is 2.37. The summed E-state index contributed by atoms with van der Waals surface area (Å²) in [7, 11) is -0.835. The lowest BCUT2D eigenvalue weighted by Crippen LogP contribution is -2.25. The smallest absolute Gasteiger partial charge is 0.0721 e. The lowest BCUT2D eigenvalue weighted by molar-refractivity contribution is -0.254. The predicted octanol–water partition coefficient (Wildman–Crippen LogP) is 3.48. The Morgan fingerprint density at radius 3 is 1.61 bits per heavy atom. The van der Waals surface area contributed by atoms with Crippen molar-refractivity contribution >= 4 is 29.8 Å². The molecule has 0 unspecified atom stereocenters. The van der Waals surface area contributed by atoms with Crippen LogP contribution in [0.15, 0.2) is 109 Å². The molecule has 2 nitrogen and oxygen atoms in total. The van der Waals surface area contributed by atoms with Gasteiger partial charge in [-0.3, -0.25) is 0 Å². The second kappa shape index (κ2) is 8.21. The zero-order valence-electron chi connectivity index (χ0n) is 15.2. The maximum atomic E-state index is 11.7. The van der Waals surface area contributed by atoms with E-state index >= 15 is 0 Å². The number of hydrogen-bond acceptors (Lipinski definition) is 2. The number of benzene rings is 4. The van der Waals surface area contributed by atoms with Crippen LogP contribution in [0.4, 0.5) is 0 Å². The minimum absolute atomic E-state index is 0.214. The summed E-state index contributed by atoms with van der Waals surface area (Å²) in [6.07, 6.45) is 0. The molecular formula is C25H18O2P-. The minimum atomic E-state index is -1.16. The molecule has 4 aromatic rings. The SMILES string of the molecule is O=C([O-])c1ccccc1-c1ccccc1P(c1ccccc1)c1ccccc1. The van der Waals surface area contributed by atoms with Gasteiger partial charge in [0.1, 0.15) is 0 Å². The maximum Gasteiger partial charge on any atom is 0.0721 e. The zero-order chi connectivity index (χ0) is 19.3. The fourth-order valence-electron chi connectivity index (χ4n) is 3.37. The number of rotatable bonds is 5. The van der Waals surface area contributed by atoms with Crippen molar-refractivity contribution in [1.29, 1.82) is 0 Å². The van der Waals surface area contributed by atoms with E-state index in [0.717, 1.165) is 10.9 Å². The molecule has 0 aliphatic heterocycles. The van der Waals surface area contributed by atoms with Crippen LogP contribution in [0.1, 0.15) is 10.4 Å². The number of carboxylic acid groups (broad SMARTS) is 1. The van der Waals surface area contributed by atoms with E-state index in [9.17, 15) is 9.90 Å². The Morgan fingerprint density at radius 2 is 1.04 bits per heavy atom. The van der Waals surface area contributed by atoms with Crippen molar-refractivity contribution in [3.63, 3.8) is 0 Å². The molecule has 0 bridgehead atoms. The first kappa shape index (κ1) is 18.2. The van der Waals surface area contributed by atoms with E-state index in [1.54, 1.807) is 12.1 Å². The van der Waals surface area contributed by atoms with Gasteiger partial charge in [0.25, 0.3) is 0 Å². The van der Waals surface area contributed by atoms with Gasteiger partial charge >= 0.3 is 0 Å². The van der Waals surface area contributed by atoms with Gasteiger partial charge in [-0.25, -0.2) is 0 Å². The molecule has 0 saturated carbocycles. The highest BCUT2D eigenvalue weighted by Gasteiger charge is 2.20. The van der Waals surface area contributed by atoms with Crippen molar-refractivity contribution in [2.24, 2.45) is 0 Å². The number of carbonyl (C=O) groups excluding carboxylic acids is 1. The van der Waals surface area contributed by atoms with Gasteiger partial charge in [0.2, 0.25) is 0 Å². The normalized spacial score (nSPS) is 10.8. The predicted molar refractivity (Wildman–Crippen MR) is 115 cm³/mol. The maximum absolute atomic E-state index is 11.7. The van der Waals surface area contributed by atoms with Crippen molar-refractivity contribution < 1.29 is 9.90 Å². The van der Waals surface area contributed by atoms with Crippen LogP contribution in [-0.4, -0.2) is 5.97 Å². The van der Waals surface area contributed by atoms with Crippen molar-refractivity contribution in [2.45, 2.75) is 0 Å². The lowest BCUT2D eigenvalue weighted by Gasteiger charge is -2.23. The second-order valence-electron chi connectivity index (χ2n) is 6.36. The first-order valence-corrected chi connectivity index (χ1v) is 10.4.